The number of carbonyl (C=O) groups excluding carboxylic acids is 1. The van der Waals surface area contributed by atoms with Gasteiger partial charge in [0.2, 0.25) is 15.9 Å². The Kier molecular flexibility index (Phi) is 5.78. The van der Waals surface area contributed by atoms with Crippen LogP contribution < -0.4 is 5.73 Å². The summed E-state index contributed by atoms with van der Waals surface area (Å²) in [5, 5.41) is 10.5. The number of hydrogen-bond acceptors (Lipinski definition) is 4. The van der Waals surface area contributed by atoms with Crippen molar-refractivity contribution < 1.29 is 23.1 Å². The van der Waals surface area contributed by atoms with Crippen LogP contribution in [0.25, 0.3) is 11.1 Å². The molecular weight excluding hydrogens is 464 g/mol. The highest BCUT2D eigenvalue weighted by Crippen LogP contribution is 2.56. The van der Waals surface area contributed by atoms with Crippen LogP contribution in [-0.2, 0) is 14.8 Å². The highest BCUT2D eigenvalue weighted by Gasteiger charge is 2.66. The van der Waals surface area contributed by atoms with Crippen LogP contribution in [0, 0.1) is 0 Å². The van der Waals surface area contributed by atoms with E-state index < -0.39 is 33.4 Å². The van der Waals surface area contributed by atoms with E-state index in [-0.39, 0.29) is 16.9 Å². The Balaban J connectivity index is 1.75. The number of primary amides is 1. The van der Waals surface area contributed by atoms with Crippen molar-refractivity contribution in [1.29, 1.82) is 0 Å². The van der Waals surface area contributed by atoms with Crippen molar-refractivity contribution in [3.8, 4) is 11.1 Å². The summed E-state index contributed by atoms with van der Waals surface area (Å²) in [5.74, 6) is -2.52. The molecule has 0 aliphatic heterocycles. The number of rotatable bonds is 7. The van der Waals surface area contributed by atoms with Gasteiger partial charge in [0.15, 0.2) is 0 Å². The molecule has 3 N–H and O–H groups in total. The second-order valence-electron chi connectivity index (χ2n) is 7.95. The van der Waals surface area contributed by atoms with Crippen LogP contribution in [0.1, 0.15) is 28.3 Å². The van der Waals surface area contributed by atoms with Gasteiger partial charge in [-0.1, -0.05) is 60.1 Å². The molecule has 170 valence electrons. The topological polar surface area (TPSA) is 118 Å². The Hall–Kier alpha value is -3.20. The first-order valence-corrected chi connectivity index (χ1v) is 11.9. The number of halogens is 1. The van der Waals surface area contributed by atoms with Crippen LogP contribution in [0.3, 0.4) is 0 Å². The first-order valence-electron chi connectivity index (χ1n) is 10.1. The lowest BCUT2D eigenvalue weighted by Crippen LogP contribution is -2.46. The molecule has 1 fully saturated rings. The lowest BCUT2D eigenvalue weighted by atomic mass is 9.99. The lowest BCUT2D eigenvalue weighted by molar-refractivity contribution is -0.142. The lowest BCUT2D eigenvalue weighted by Gasteiger charge is -2.26. The van der Waals surface area contributed by atoms with E-state index >= 15 is 0 Å². The van der Waals surface area contributed by atoms with E-state index in [0.29, 0.717) is 16.1 Å². The second-order valence-corrected chi connectivity index (χ2v) is 10.4. The molecule has 1 aliphatic carbocycles. The average molecular weight is 485 g/mol. The van der Waals surface area contributed by atoms with Crippen molar-refractivity contribution in [1.82, 2.24) is 4.31 Å². The standard InChI is InChI=1S/C24H21ClN2O5S/c1-27(24(23(29)30)14-21(24)16-5-3-2-4-6-16)33(31,32)18-11-12-19(20(13-18)22(26)28)15-7-9-17(25)10-8-15/h2-13,21H,14H2,1H3,(H2,26,28)(H,29,30)/t21-,24+/m0/s1. The van der Waals surface area contributed by atoms with Crippen molar-refractivity contribution in [3.05, 3.63) is 88.9 Å². The zero-order chi connectivity index (χ0) is 24.0. The van der Waals surface area contributed by atoms with Gasteiger partial charge < -0.3 is 10.8 Å². The number of benzene rings is 3. The summed E-state index contributed by atoms with van der Waals surface area (Å²) in [6, 6.07) is 19.6. The summed E-state index contributed by atoms with van der Waals surface area (Å²) in [4.78, 5) is 24.2. The van der Waals surface area contributed by atoms with Crippen molar-refractivity contribution in [2.24, 2.45) is 5.73 Å². The predicted molar refractivity (Wildman–Crippen MR) is 125 cm³/mol. The molecule has 3 aromatic rings. The van der Waals surface area contributed by atoms with Crippen molar-refractivity contribution in [3.63, 3.8) is 0 Å². The maximum Gasteiger partial charge on any atom is 0.325 e. The first kappa shape index (κ1) is 23.0. The van der Waals surface area contributed by atoms with E-state index in [1.807, 2.05) is 6.07 Å². The molecule has 0 saturated heterocycles. The summed E-state index contributed by atoms with van der Waals surface area (Å²) in [6.45, 7) is 0. The number of carboxylic acids is 1. The molecule has 3 aromatic carbocycles. The average Bonchev–Trinajstić information content (AvgIpc) is 3.56. The van der Waals surface area contributed by atoms with Gasteiger partial charge in [-0.15, -0.1) is 0 Å². The molecule has 0 aromatic heterocycles. The van der Waals surface area contributed by atoms with Gasteiger partial charge in [0, 0.05) is 23.6 Å². The van der Waals surface area contributed by atoms with Crippen LogP contribution in [-0.4, -0.2) is 42.3 Å². The third-order valence-corrected chi connectivity index (χ3v) is 8.28. The third-order valence-electron chi connectivity index (χ3n) is 6.14. The molecule has 1 aliphatic rings. The second kappa shape index (κ2) is 8.30. The van der Waals surface area contributed by atoms with Crippen LogP contribution in [0.5, 0.6) is 0 Å². The Morgan fingerprint density at radius 3 is 2.27 bits per heavy atom. The van der Waals surface area contributed by atoms with Crippen molar-refractivity contribution >= 4 is 33.5 Å². The van der Waals surface area contributed by atoms with Crippen LogP contribution in [0.4, 0.5) is 0 Å². The molecule has 4 rings (SSSR count). The molecule has 0 unspecified atom stereocenters. The van der Waals surface area contributed by atoms with E-state index in [1.54, 1.807) is 48.5 Å². The van der Waals surface area contributed by atoms with Gasteiger partial charge in [-0.3, -0.25) is 9.59 Å². The number of sulfonamides is 1. The molecule has 0 bridgehead atoms. The summed E-state index contributed by atoms with van der Waals surface area (Å²) >= 11 is 5.93. The van der Waals surface area contributed by atoms with Gasteiger partial charge in [-0.25, -0.2) is 8.42 Å². The van der Waals surface area contributed by atoms with Gasteiger partial charge in [-0.2, -0.15) is 4.31 Å². The zero-order valence-corrected chi connectivity index (χ0v) is 19.2. The van der Waals surface area contributed by atoms with Gasteiger partial charge in [0.25, 0.3) is 0 Å². The number of nitrogens with two attached hydrogens (primary N) is 1. The normalized spacial score (nSPS) is 19.9. The fourth-order valence-electron chi connectivity index (χ4n) is 4.19. The third kappa shape index (κ3) is 3.90. The maximum absolute atomic E-state index is 13.5. The van der Waals surface area contributed by atoms with E-state index in [0.717, 1.165) is 9.87 Å². The van der Waals surface area contributed by atoms with Gasteiger partial charge in [0.1, 0.15) is 5.54 Å². The van der Waals surface area contributed by atoms with Crippen LogP contribution >= 0.6 is 11.6 Å². The molecule has 2 atom stereocenters. The number of carboxylic acid groups (broad SMARTS) is 1. The minimum Gasteiger partial charge on any atom is -0.480 e. The Morgan fingerprint density at radius 1 is 1.06 bits per heavy atom. The van der Waals surface area contributed by atoms with Crippen molar-refractivity contribution in [2.45, 2.75) is 22.8 Å². The molecule has 0 radical (unpaired) electrons. The molecule has 7 nitrogen and oxygen atoms in total. The number of likely N-dealkylation sites (N-methyl/N-ethyl adjacent to an activating group) is 1. The molecule has 9 heteroatoms. The van der Waals surface area contributed by atoms with E-state index in [9.17, 15) is 23.1 Å². The molecule has 1 amide bonds. The summed E-state index contributed by atoms with van der Waals surface area (Å²) in [7, 11) is -3.00. The minimum atomic E-state index is -4.26. The molecular formula is C24H21ClN2O5S. The Bertz CT molecular complexity index is 1340. The molecule has 33 heavy (non-hydrogen) atoms. The number of carbonyl (C=O) groups is 2. The smallest absolute Gasteiger partial charge is 0.325 e. The molecule has 0 heterocycles. The highest BCUT2D eigenvalue weighted by atomic mass is 35.5. The highest BCUT2D eigenvalue weighted by molar-refractivity contribution is 7.89. The van der Waals surface area contributed by atoms with E-state index in [4.69, 9.17) is 17.3 Å². The van der Waals surface area contributed by atoms with Crippen LogP contribution in [0.2, 0.25) is 5.02 Å². The molecule has 1 saturated carbocycles. The summed E-state index contributed by atoms with van der Waals surface area (Å²) in [6.07, 6.45) is 0.146. The van der Waals surface area contributed by atoms with Gasteiger partial charge in [-0.05, 0) is 47.4 Å². The van der Waals surface area contributed by atoms with E-state index in [1.165, 1.54) is 25.2 Å². The number of aliphatic carboxylic acids is 1. The van der Waals surface area contributed by atoms with Gasteiger partial charge in [0.05, 0.1) is 4.90 Å². The summed E-state index contributed by atoms with van der Waals surface area (Å²) < 4.78 is 27.8. The number of hydrogen-bond donors (Lipinski definition) is 2. The monoisotopic (exact) mass is 484 g/mol. The quantitative estimate of drug-likeness (QED) is 0.529. The summed E-state index contributed by atoms with van der Waals surface area (Å²) in [5.41, 5.74) is 5.78. The Labute approximate surface area is 196 Å². The van der Waals surface area contributed by atoms with Crippen LogP contribution in [0.15, 0.2) is 77.7 Å². The number of nitrogens with zero attached hydrogens (tertiary/aromatic N) is 1. The maximum atomic E-state index is 13.5. The largest absolute Gasteiger partial charge is 0.480 e. The first-order chi connectivity index (χ1) is 15.6. The predicted octanol–water partition coefficient (Wildman–Crippen LogP) is 3.74. The minimum absolute atomic E-state index is 0.00609. The fourth-order valence-corrected chi connectivity index (χ4v) is 5.85. The fraction of sp³-hybridized carbons (Fsp3) is 0.167. The van der Waals surface area contributed by atoms with Gasteiger partial charge >= 0.3 is 5.97 Å². The van der Waals surface area contributed by atoms with E-state index in [2.05, 4.69) is 0 Å². The number of amides is 1. The molecule has 0 spiro atoms. The Morgan fingerprint density at radius 2 is 1.70 bits per heavy atom. The zero-order valence-electron chi connectivity index (χ0n) is 17.6. The van der Waals surface area contributed by atoms with Crippen molar-refractivity contribution in [2.75, 3.05) is 7.05 Å². The SMILES string of the molecule is CN([C@]1(C(=O)O)C[C@H]1c1ccccc1)S(=O)(=O)c1ccc(-c2ccc(Cl)cc2)c(C(N)=O)c1.